The summed E-state index contributed by atoms with van der Waals surface area (Å²) in [7, 11) is 0. The van der Waals surface area contributed by atoms with Gasteiger partial charge in [0.2, 0.25) is 0 Å². The second-order valence-electron chi connectivity index (χ2n) is 6.29. The third-order valence-electron chi connectivity index (χ3n) is 4.78. The quantitative estimate of drug-likeness (QED) is 0.713. The Morgan fingerprint density at radius 1 is 1.26 bits per heavy atom. The van der Waals surface area contributed by atoms with Crippen molar-refractivity contribution in [2.75, 3.05) is 6.54 Å². The van der Waals surface area contributed by atoms with E-state index in [1.54, 1.807) is 6.92 Å². The molecule has 0 spiro atoms. The molecule has 0 aliphatic heterocycles. The third-order valence-corrected chi connectivity index (χ3v) is 4.78. The van der Waals surface area contributed by atoms with Gasteiger partial charge in [-0.2, -0.15) is 0 Å². The van der Waals surface area contributed by atoms with Crippen LogP contribution >= 0.6 is 0 Å². The van der Waals surface area contributed by atoms with E-state index < -0.39 is 11.5 Å². The van der Waals surface area contributed by atoms with Gasteiger partial charge >= 0.3 is 12.0 Å². The Kier molecular flexibility index (Phi) is 4.02. The van der Waals surface area contributed by atoms with Gasteiger partial charge in [0.05, 0.1) is 0 Å². The average molecular weight is 268 g/mol. The van der Waals surface area contributed by atoms with E-state index >= 15 is 0 Å². The number of carbonyl (C=O) groups is 2. The summed E-state index contributed by atoms with van der Waals surface area (Å²) in [5.74, 6) is 0.304. The molecular weight excluding hydrogens is 244 g/mol. The van der Waals surface area contributed by atoms with Gasteiger partial charge in [-0.1, -0.05) is 19.8 Å². The fraction of sp³-hybridized carbons (Fsp3) is 0.857. The van der Waals surface area contributed by atoms with Gasteiger partial charge in [-0.3, -0.25) is 0 Å². The number of carboxylic acids is 1. The first-order chi connectivity index (χ1) is 8.93. The average Bonchev–Trinajstić information content (AvgIpc) is 3.11. The van der Waals surface area contributed by atoms with Crippen molar-refractivity contribution in [2.24, 2.45) is 17.8 Å². The number of aliphatic carboxylic acids is 1. The number of nitrogens with one attached hydrogen (secondary N) is 2. The third kappa shape index (κ3) is 3.19. The van der Waals surface area contributed by atoms with Crippen LogP contribution in [0.3, 0.4) is 0 Å². The molecule has 2 aliphatic rings. The van der Waals surface area contributed by atoms with Crippen molar-refractivity contribution in [3.05, 3.63) is 0 Å². The highest BCUT2D eigenvalue weighted by Gasteiger charge is 2.48. The summed E-state index contributed by atoms with van der Waals surface area (Å²) < 4.78 is 0. The zero-order chi connectivity index (χ0) is 14.0. The normalized spacial score (nSPS) is 29.6. The van der Waals surface area contributed by atoms with Gasteiger partial charge in [0, 0.05) is 6.54 Å². The van der Waals surface area contributed by atoms with Crippen molar-refractivity contribution in [1.29, 1.82) is 0 Å². The number of amides is 2. The zero-order valence-electron chi connectivity index (χ0n) is 11.7. The highest BCUT2D eigenvalue weighted by Crippen LogP contribution is 2.39. The van der Waals surface area contributed by atoms with Gasteiger partial charge < -0.3 is 15.7 Å². The molecule has 3 N–H and O–H groups in total. The molecule has 0 saturated heterocycles. The smallest absolute Gasteiger partial charge is 0.329 e. The fourth-order valence-electron chi connectivity index (χ4n) is 3.02. The van der Waals surface area contributed by atoms with Gasteiger partial charge in [0.15, 0.2) is 0 Å². The Morgan fingerprint density at radius 2 is 1.95 bits per heavy atom. The second kappa shape index (κ2) is 5.39. The van der Waals surface area contributed by atoms with E-state index in [9.17, 15) is 14.7 Å². The van der Waals surface area contributed by atoms with Gasteiger partial charge in [0.25, 0.3) is 0 Å². The largest absolute Gasteiger partial charge is 0.480 e. The molecule has 2 aliphatic carbocycles. The van der Waals surface area contributed by atoms with E-state index in [0.717, 1.165) is 19.3 Å². The Morgan fingerprint density at radius 3 is 2.42 bits per heavy atom. The predicted molar refractivity (Wildman–Crippen MR) is 71.8 cm³/mol. The van der Waals surface area contributed by atoms with Crippen LogP contribution in [-0.2, 0) is 4.79 Å². The van der Waals surface area contributed by atoms with E-state index in [4.69, 9.17) is 0 Å². The maximum absolute atomic E-state index is 11.9. The molecule has 2 amide bonds. The molecule has 0 aromatic rings. The minimum absolute atomic E-state index is 0.0705. The van der Waals surface area contributed by atoms with Crippen LogP contribution in [0.1, 0.15) is 46.0 Å². The Hall–Kier alpha value is -1.26. The summed E-state index contributed by atoms with van der Waals surface area (Å²) in [6.45, 7) is 4.46. The highest BCUT2D eigenvalue weighted by molar-refractivity contribution is 5.86. The topological polar surface area (TPSA) is 78.4 Å². The van der Waals surface area contributed by atoms with Gasteiger partial charge in [-0.05, 0) is 43.9 Å². The number of hydrogen-bond donors (Lipinski definition) is 3. The molecule has 3 atom stereocenters. The molecule has 19 heavy (non-hydrogen) atoms. The summed E-state index contributed by atoms with van der Waals surface area (Å²) in [5, 5.41) is 14.7. The molecule has 2 saturated carbocycles. The first kappa shape index (κ1) is 14.2. The Labute approximate surface area is 114 Å². The number of hydrogen-bond acceptors (Lipinski definition) is 2. The molecule has 0 radical (unpaired) electrons. The number of rotatable bonds is 5. The van der Waals surface area contributed by atoms with Crippen LogP contribution in [0.15, 0.2) is 0 Å². The molecule has 0 bridgehead atoms. The molecule has 0 aromatic carbocycles. The summed E-state index contributed by atoms with van der Waals surface area (Å²) in [4.78, 5) is 23.2. The van der Waals surface area contributed by atoms with Crippen LogP contribution in [0.5, 0.6) is 0 Å². The van der Waals surface area contributed by atoms with E-state index in [1.165, 1.54) is 12.8 Å². The molecule has 108 valence electrons. The van der Waals surface area contributed by atoms with Crippen molar-refractivity contribution < 1.29 is 14.7 Å². The molecule has 5 nitrogen and oxygen atoms in total. The summed E-state index contributed by atoms with van der Waals surface area (Å²) in [6.07, 6.45) is 5.36. The predicted octanol–water partition coefficient (Wildman–Crippen LogP) is 1.98. The van der Waals surface area contributed by atoms with Gasteiger partial charge in [0.1, 0.15) is 5.54 Å². The maximum Gasteiger partial charge on any atom is 0.329 e. The maximum atomic E-state index is 11.9. The first-order valence-corrected chi connectivity index (χ1v) is 7.23. The van der Waals surface area contributed by atoms with Crippen molar-refractivity contribution >= 4 is 12.0 Å². The summed E-state index contributed by atoms with van der Waals surface area (Å²) in [6, 6.07) is -0.351. The van der Waals surface area contributed by atoms with Crippen LogP contribution < -0.4 is 10.6 Å². The van der Waals surface area contributed by atoms with Gasteiger partial charge in [-0.15, -0.1) is 0 Å². The fourth-order valence-corrected chi connectivity index (χ4v) is 3.02. The lowest BCUT2D eigenvalue weighted by atomic mass is 9.96. The van der Waals surface area contributed by atoms with Crippen LogP contribution in [0.25, 0.3) is 0 Å². The van der Waals surface area contributed by atoms with E-state index in [2.05, 4.69) is 17.6 Å². The number of urea groups is 1. The lowest BCUT2D eigenvalue weighted by molar-refractivity contribution is -0.144. The molecule has 3 unspecified atom stereocenters. The van der Waals surface area contributed by atoms with E-state index in [0.29, 0.717) is 18.4 Å². The Balaban J connectivity index is 1.81. The van der Waals surface area contributed by atoms with Crippen LogP contribution in [0.2, 0.25) is 0 Å². The van der Waals surface area contributed by atoms with Gasteiger partial charge in [-0.25, -0.2) is 9.59 Å². The Bertz CT molecular complexity index is 368. The lowest BCUT2D eigenvalue weighted by Crippen LogP contribution is -2.57. The van der Waals surface area contributed by atoms with Crippen LogP contribution in [-0.4, -0.2) is 29.2 Å². The minimum Gasteiger partial charge on any atom is -0.480 e. The SMILES string of the molecule is CC1CCCC1CNC(=O)NC(C)(C(=O)O)C1CC1. The number of carboxylic acid groups (broad SMARTS) is 1. The van der Waals surface area contributed by atoms with Crippen molar-refractivity contribution in [3.63, 3.8) is 0 Å². The molecule has 5 heteroatoms. The van der Waals surface area contributed by atoms with Crippen LogP contribution in [0, 0.1) is 17.8 Å². The zero-order valence-corrected chi connectivity index (χ0v) is 11.7. The van der Waals surface area contributed by atoms with E-state index in [-0.39, 0.29) is 11.9 Å². The summed E-state index contributed by atoms with van der Waals surface area (Å²) in [5.41, 5.74) is -1.12. The molecule has 2 fully saturated rings. The standard InChI is InChI=1S/C14H24N2O3/c1-9-4-3-5-10(9)8-15-13(19)16-14(2,12(17)18)11-6-7-11/h9-11H,3-8H2,1-2H3,(H,17,18)(H2,15,16,19). The molecule has 2 rings (SSSR count). The van der Waals surface area contributed by atoms with Crippen molar-refractivity contribution in [2.45, 2.75) is 51.5 Å². The van der Waals surface area contributed by atoms with Crippen molar-refractivity contribution in [3.8, 4) is 0 Å². The summed E-state index contributed by atoms with van der Waals surface area (Å²) >= 11 is 0. The first-order valence-electron chi connectivity index (χ1n) is 7.23. The monoisotopic (exact) mass is 268 g/mol. The lowest BCUT2D eigenvalue weighted by Gasteiger charge is -2.27. The molecular formula is C14H24N2O3. The minimum atomic E-state index is -1.12. The number of carbonyl (C=O) groups excluding carboxylic acids is 1. The molecule has 0 aromatic heterocycles. The van der Waals surface area contributed by atoms with E-state index in [1.807, 2.05) is 0 Å². The molecule has 0 heterocycles. The second-order valence-corrected chi connectivity index (χ2v) is 6.29. The highest BCUT2D eigenvalue weighted by atomic mass is 16.4. The van der Waals surface area contributed by atoms with Crippen LogP contribution in [0.4, 0.5) is 4.79 Å². The van der Waals surface area contributed by atoms with Crippen molar-refractivity contribution in [1.82, 2.24) is 10.6 Å².